The summed E-state index contributed by atoms with van der Waals surface area (Å²) in [6.07, 6.45) is 10.5. The minimum Gasteiger partial charge on any atom is -0.233 e. The fourth-order valence-electron chi connectivity index (χ4n) is 4.19. The van der Waals surface area contributed by atoms with Crippen LogP contribution in [-0.2, 0) is 11.8 Å². The molecule has 4 rings (SSSR count). The average molecular weight is 377 g/mol. The van der Waals surface area contributed by atoms with Crippen LogP contribution in [0.15, 0.2) is 79.4 Å². The second-order valence-electron chi connectivity index (χ2n) is 8.59. The van der Waals surface area contributed by atoms with Crippen molar-refractivity contribution in [2.24, 2.45) is 0 Å². The maximum Gasteiger partial charge on any atom is 0.244 e. The molecule has 2 unspecified atom stereocenters. The van der Waals surface area contributed by atoms with E-state index in [2.05, 4.69) is 109 Å². The summed E-state index contributed by atoms with van der Waals surface area (Å²) in [7, 11) is -0.174. The molecule has 3 aromatic rings. The van der Waals surface area contributed by atoms with Gasteiger partial charge in [0.1, 0.15) is 24.2 Å². The number of benzene rings is 2. The molecule has 1 fully saturated rings. The van der Waals surface area contributed by atoms with Crippen LogP contribution in [0.3, 0.4) is 0 Å². The smallest absolute Gasteiger partial charge is 0.233 e. The van der Waals surface area contributed by atoms with E-state index in [0.717, 1.165) is 6.29 Å². The topological polar surface area (TPSA) is 8.81 Å². The molecule has 0 amide bonds. The highest BCUT2D eigenvalue weighted by Crippen LogP contribution is 2.70. The Kier molecular flexibility index (Phi) is 5.19. The molecule has 27 heavy (non-hydrogen) atoms. The van der Waals surface area contributed by atoms with Crippen molar-refractivity contribution in [2.75, 3.05) is 0 Å². The van der Waals surface area contributed by atoms with Crippen molar-refractivity contribution in [3.8, 4) is 0 Å². The van der Waals surface area contributed by atoms with Gasteiger partial charge in [-0.3, -0.25) is 0 Å². The molecule has 3 atom stereocenters. The van der Waals surface area contributed by atoms with Crippen molar-refractivity contribution in [3.63, 3.8) is 0 Å². The van der Waals surface area contributed by atoms with E-state index in [1.54, 1.807) is 0 Å². The summed E-state index contributed by atoms with van der Waals surface area (Å²) < 4.78 is 4.75. The molecule has 1 aliphatic heterocycles. The van der Waals surface area contributed by atoms with Gasteiger partial charge in [0.25, 0.3) is 0 Å². The Labute approximate surface area is 164 Å². The predicted octanol–water partition coefficient (Wildman–Crippen LogP) is 6.25. The van der Waals surface area contributed by atoms with Crippen LogP contribution in [0.1, 0.15) is 56.1 Å². The molecule has 0 bridgehead atoms. The zero-order valence-corrected chi connectivity index (χ0v) is 17.5. The van der Waals surface area contributed by atoms with E-state index < -0.39 is 0 Å². The van der Waals surface area contributed by atoms with Crippen molar-refractivity contribution in [2.45, 2.75) is 56.8 Å². The average Bonchev–Trinajstić information content (AvgIpc) is 3.31. The van der Waals surface area contributed by atoms with Gasteiger partial charge in [0.05, 0.1) is 0 Å². The molecule has 2 heterocycles. The summed E-state index contributed by atoms with van der Waals surface area (Å²) in [5.41, 5.74) is 4.57. The second kappa shape index (κ2) is 7.60. The lowest BCUT2D eigenvalue weighted by atomic mass is 10.0. The van der Waals surface area contributed by atoms with E-state index in [-0.39, 0.29) is 13.5 Å². The van der Waals surface area contributed by atoms with Gasteiger partial charge in [-0.25, -0.2) is 9.13 Å². The van der Waals surface area contributed by atoms with Crippen molar-refractivity contribution in [1.82, 2.24) is 4.57 Å². The van der Waals surface area contributed by atoms with Crippen LogP contribution < -0.4 is 4.57 Å². The molecule has 0 saturated carbocycles. The molecule has 0 spiro atoms. The predicted molar refractivity (Wildman–Crippen MR) is 114 cm³/mol. The summed E-state index contributed by atoms with van der Waals surface area (Å²) in [5.74, 6) is 0. The van der Waals surface area contributed by atoms with Gasteiger partial charge in [0.2, 0.25) is 6.33 Å². The molecule has 1 saturated heterocycles. The third kappa shape index (κ3) is 4.01. The summed E-state index contributed by atoms with van der Waals surface area (Å²) in [6, 6.07) is 22.4. The maximum absolute atomic E-state index is 2.42. The van der Waals surface area contributed by atoms with Gasteiger partial charge in [-0.05, 0) is 52.7 Å². The maximum atomic E-state index is 2.42. The van der Waals surface area contributed by atoms with E-state index in [4.69, 9.17) is 0 Å². The number of nitrogens with zero attached hydrogens (tertiary/aromatic N) is 2. The molecule has 0 N–H and O–H groups in total. The highest BCUT2D eigenvalue weighted by molar-refractivity contribution is 7.57. The first kappa shape index (κ1) is 18.4. The molecular weight excluding hydrogens is 347 g/mol. The zero-order valence-electron chi connectivity index (χ0n) is 16.6. The molecular formula is C24H30N2P+. The number of aromatic nitrogens is 2. The van der Waals surface area contributed by atoms with E-state index in [1.165, 1.54) is 24.0 Å². The Morgan fingerprint density at radius 1 is 0.889 bits per heavy atom. The first-order valence-electron chi connectivity index (χ1n) is 9.95. The molecule has 3 heteroatoms. The fourth-order valence-corrected chi connectivity index (χ4v) is 7.64. The van der Waals surface area contributed by atoms with Gasteiger partial charge in [-0.15, -0.1) is 0 Å². The van der Waals surface area contributed by atoms with Crippen LogP contribution in [0.4, 0.5) is 0 Å². The minimum atomic E-state index is -0.174. The van der Waals surface area contributed by atoms with Gasteiger partial charge in [-0.1, -0.05) is 60.7 Å². The van der Waals surface area contributed by atoms with Crippen LogP contribution in [-0.4, -0.2) is 4.57 Å². The normalized spacial score (nSPS) is 22.9. The highest BCUT2D eigenvalue weighted by atomic mass is 31.1. The lowest BCUT2D eigenvalue weighted by molar-refractivity contribution is -0.753. The third-order valence-electron chi connectivity index (χ3n) is 5.68. The monoisotopic (exact) mass is 377 g/mol. The van der Waals surface area contributed by atoms with Gasteiger partial charge in [0, 0.05) is 11.3 Å². The standard InChI is InChI=1S/C24H30N2P/c1-24(2,3)26-17-16-25(18-26)19-27-22(20-10-6-4-7-11-20)14-15-23(27)21-12-8-5-9-13-21/h4-13,16-18,22-23H,14-15,19H2,1-3H3/q+1/t22-,23?,27?/m0/s1. The summed E-state index contributed by atoms with van der Waals surface area (Å²) in [6.45, 7) is 6.79. The largest absolute Gasteiger partial charge is 0.244 e. The van der Waals surface area contributed by atoms with Crippen molar-refractivity contribution in [3.05, 3.63) is 90.5 Å². The highest BCUT2D eigenvalue weighted by Gasteiger charge is 2.38. The van der Waals surface area contributed by atoms with Gasteiger partial charge in [-0.2, -0.15) is 0 Å². The summed E-state index contributed by atoms with van der Waals surface area (Å²) in [5, 5.41) is 0. The molecule has 140 valence electrons. The van der Waals surface area contributed by atoms with Gasteiger partial charge < -0.3 is 0 Å². The second-order valence-corrected chi connectivity index (χ2v) is 11.1. The molecule has 2 nitrogen and oxygen atoms in total. The van der Waals surface area contributed by atoms with Gasteiger partial charge in [0.15, 0.2) is 0 Å². The summed E-state index contributed by atoms with van der Waals surface area (Å²) in [4.78, 5) is 0. The van der Waals surface area contributed by atoms with Crippen LogP contribution in [0.5, 0.6) is 0 Å². The first-order valence-corrected chi connectivity index (χ1v) is 11.6. The molecule has 1 aromatic heterocycles. The number of rotatable bonds is 4. The van der Waals surface area contributed by atoms with Crippen molar-refractivity contribution < 1.29 is 4.57 Å². The number of hydrogen-bond donors (Lipinski definition) is 0. The lowest BCUT2D eigenvalue weighted by Crippen LogP contribution is -2.48. The Hall–Kier alpha value is -1.92. The summed E-state index contributed by atoms with van der Waals surface area (Å²) >= 11 is 0. The van der Waals surface area contributed by atoms with Gasteiger partial charge >= 0.3 is 0 Å². The Morgan fingerprint density at radius 3 is 1.85 bits per heavy atom. The van der Waals surface area contributed by atoms with Crippen LogP contribution in [0.25, 0.3) is 0 Å². The Bertz CT molecular complexity index is 817. The molecule has 0 aliphatic carbocycles. The molecule has 2 aromatic carbocycles. The van der Waals surface area contributed by atoms with E-state index in [1.807, 2.05) is 0 Å². The van der Waals surface area contributed by atoms with E-state index in [0.29, 0.717) is 11.3 Å². The first-order chi connectivity index (χ1) is 13.0. The molecule has 1 aliphatic rings. The third-order valence-corrected chi connectivity index (χ3v) is 9.04. The Balaban J connectivity index is 1.65. The number of imidazole rings is 1. The minimum absolute atomic E-state index is 0.131. The quantitative estimate of drug-likeness (QED) is 0.375. The van der Waals surface area contributed by atoms with Crippen molar-refractivity contribution in [1.29, 1.82) is 0 Å². The Morgan fingerprint density at radius 2 is 1.41 bits per heavy atom. The van der Waals surface area contributed by atoms with E-state index in [9.17, 15) is 0 Å². The molecule has 0 radical (unpaired) electrons. The van der Waals surface area contributed by atoms with E-state index >= 15 is 0 Å². The SMILES string of the molecule is CC(C)(C)[n+]1ccn(CP2C(c3ccccc3)CC[C@H]2c2ccccc2)c1. The van der Waals surface area contributed by atoms with Crippen LogP contribution in [0, 0.1) is 0 Å². The fraction of sp³-hybridized carbons (Fsp3) is 0.375. The number of hydrogen-bond acceptors (Lipinski definition) is 0. The van der Waals surface area contributed by atoms with Crippen LogP contribution in [0.2, 0.25) is 0 Å². The van der Waals surface area contributed by atoms with Crippen LogP contribution >= 0.6 is 7.92 Å². The zero-order chi connectivity index (χ0) is 18.9. The van der Waals surface area contributed by atoms with Crippen molar-refractivity contribution >= 4 is 7.92 Å². The lowest BCUT2D eigenvalue weighted by Gasteiger charge is -2.25.